The van der Waals surface area contributed by atoms with E-state index in [1.165, 1.54) is 6.42 Å². The topological polar surface area (TPSA) is 47.0 Å². The van der Waals surface area contributed by atoms with Crippen molar-refractivity contribution in [2.24, 2.45) is 5.92 Å². The van der Waals surface area contributed by atoms with Crippen molar-refractivity contribution in [3.8, 4) is 6.01 Å². The van der Waals surface area contributed by atoms with Crippen LogP contribution in [0, 0.1) is 12.8 Å². The molecule has 0 bridgehead atoms. The van der Waals surface area contributed by atoms with Gasteiger partial charge in [-0.25, -0.2) is 4.98 Å². The Kier molecular flexibility index (Phi) is 4.53. The highest BCUT2D eigenvalue weighted by molar-refractivity contribution is 5.15. The minimum atomic E-state index is 0.410. The maximum absolute atomic E-state index is 5.69. The molecule has 0 spiro atoms. The standard InChI is InChI=1S/C14H23N3O/c1-10(2)13-8-11(3)16-14(17-13)18-7-5-12-4-6-15-9-12/h8,10,12,15H,4-7,9H2,1-3H3. The lowest BCUT2D eigenvalue weighted by Gasteiger charge is -2.11. The van der Waals surface area contributed by atoms with E-state index in [0.29, 0.717) is 18.5 Å². The zero-order chi connectivity index (χ0) is 13.0. The second-order valence-corrected chi connectivity index (χ2v) is 5.37. The molecule has 1 atom stereocenters. The Morgan fingerprint density at radius 1 is 1.44 bits per heavy atom. The van der Waals surface area contributed by atoms with Crippen molar-refractivity contribution in [2.75, 3.05) is 19.7 Å². The molecule has 1 fully saturated rings. The molecule has 1 aliphatic rings. The average Bonchev–Trinajstić information content (AvgIpc) is 2.81. The predicted molar refractivity (Wildman–Crippen MR) is 71.9 cm³/mol. The van der Waals surface area contributed by atoms with Crippen molar-refractivity contribution >= 4 is 0 Å². The Bertz CT molecular complexity index is 387. The van der Waals surface area contributed by atoms with Crippen molar-refractivity contribution < 1.29 is 4.74 Å². The van der Waals surface area contributed by atoms with E-state index in [1.54, 1.807) is 0 Å². The number of ether oxygens (including phenoxy) is 1. The summed E-state index contributed by atoms with van der Waals surface area (Å²) in [6, 6.07) is 2.56. The molecule has 1 aliphatic heterocycles. The molecule has 100 valence electrons. The van der Waals surface area contributed by atoms with Gasteiger partial charge in [-0.1, -0.05) is 13.8 Å². The average molecular weight is 249 g/mol. The Labute approximate surface area is 109 Å². The normalized spacial score (nSPS) is 19.4. The number of aryl methyl sites for hydroxylation is 1. The lowest BCUT2D eigenvalue weighted by molar-refractivity contribution is 0.262. The third kappa shape index (κ3) is 3.67. The molecule has 1 saturated heterocycles. The van der Waals surface area contributed by atoms with E-state index in [9.17, 15) is 0 Å². The summed E-state index contributed by atoms with van der Waals surface area (Å²) >= 11 is 0. The van der Waals surface area contributed by atoms with Gasteiger partial charge in [-0.05, 0) is 50.8 Å². The second-order valence-electron chi connectivity index (χ2n) is 5.37. The fourth-order valence-corrected chi connectivity index (χ4v) is 2.20. The lowest BCUT2D eigenvalue weighted by atomic mass is 10.1. The fourth-order valence-electron chi connectivity index (χ4n) is 2.20. The van der Waals surface area contributed by atoms with E-state index in [-0.39, 0.29) is 0 Å². The van der Waals surface area contributed by atoms with Gasteiger partial charge in [0, 0.05) is 5.69 Å². The van der Waals surface area contributed by atoms with E-state index < -0.39 is 0 Å². The van der Waals surface area contributed by atoms with Gasteiger partial charge in [0.1, 0.15) is 0 Å². The molecule has 2 rings (SSSR count). The molecule has 0 radical (unpaired) electrons. The van der Waals surface area contributed by atoms with Crippen molar-refractivity contribution in [2.45, 2.75) is 39.5 Å². The summed E-state index contributed by atoms with van der Waals surface area (Å²) in [5.41, 5.74) is 2.03. The van der Waals surface area contributed by atoms with Crippen molar-refractivity contribution in [3.05, 3.63) is 17.5 Å². The fraction of sp³-hybridized carbons (Fsp3) is 0.714. The third-order valence-corrected chi connectivity index (χ3v) is 3.36. The number of aromatic nitrogens is 2. The smallest absolute Gasteiger partial charge is 0.316 e. The minimum absolute atomic E-state index is 0.410. The van der Waals surface area contributed by atoms with E-state index in [4.69, 9.17) is 4.74 Å². The Hall–Kier alpha value is -1.16. The first-order valence-corrected chi connectivity index (χ1v) is 6.84. The summed E-state index contributed by atoms with van der Waals surface area (Å²) in [4.78, 5) is 8.78. The maximum atomic E-state index is 5.69. The summed E-state index contributed by atoms with van der Waals surface area (Å²) in [7, 11) is 0. The highest BCUT2D eigenvalue weighted by Gasteiger charge is 2.14. The highest BCUT2D eigenvalue weighted by Crippen LogP contribution is 2.17. The van der Waals surface area contributed by atoms with E-state index in [2.05, 4.69) is 29.1 Å². The lowest BCUT2D eigenvalue weighted by Crippen LogP contribution is -2.12. The van der Waals surface area contributed by atoms with Gasteiger partial charge in [-0.2, -0.15) is 4.98 Å². The van der Waals surface area contributed by atoms with Crippen LogP contribution >= 0.6 is 0 Å². The molecular weight excluding hydrogens is 226 g/mol. The number of rotatable bonds is 5. The van der Waals surface area contributed by atoms with Gasteiger partial charge in [0.05, 0.1) is 12.3 Å². The Balaban J connectivity index is 1.88. The van der Waals surface area contributed by atoms with E-state index >= 15 is 0 Å². The van der Waals surface area contributed by atoms with Gasteiger partial charge >= 0.3 is 6.01 Å². The molecule has 0 saturated carbocycles. The molecule has 1 aromatic heterocycles. The number of hydrogen-bond donors (Lipinski definition) is 1. The second kappa shape index (κ2) is 6.14. The number of nitrogens with zero attached hydrogens (tertiary/aromatic N) is 2. The molecule has 4 nitrogen and oxygen atoms in total. The van der Waals surface area contributed by atoms with Crippen LogP contribution in [0.1, 0.15) is 44.0 Å². The molecule has 18 heavy (non-hydrogen) atoms. The maximum Gasteiger partial charge on any atom is 0.316 e. The van der Waals surface area contributed by atoms with Crippen LogP contribution in [0.3, 0.4) is 0 Å². The quantitative estimate of drug-likeness (QED) is 0.869. The number of hydrogen-bond acceptors (Lipinski definition) is 4. The molecule has 1 aromatic rings. The first-order valence-electron chi connectivity index (χ1n) is 6.84. The minimum Gasteiger partial charge on any atom is -0.463 e. The third-order valence-electron chi connectivity index (χ3n) is 3.36. The van der Waals surface area contributed by atoms with Crippen molar-refractivity contribution in [3.63, 3.8) is 0 Å². The largest absolute Gasteiger partial charge is 0.463 e. The van der Waals surface area contributed by atoms with Crippen LogP contribution in [0.5, 0.6) is 6.01 Å². The summed E-state index contributed by atoms with van der Waals surface area (Å²) in [6.07, 6.45) is 2.34. The Morgan fingerprint density at radius 3 is 2.94 bits per heavy atom. The summed E-state index contributed by atoms with van der Waals surface area (Å²) in [5, 5.41) is 3.37. The van der Waals surface area contributed by atoms with Gasteiger partial charge in [0.25, 0.3) is 0 Å². The first-order chi connectivity index (χ1) is 8.65. The van der Waals surface area contributed by atoms with Gasteiger partial charge in [0.2, 0.25) is 0 Å². The molecule has 2 heterocycles. The summed E-state index contributed by atoms with van der Waals surface area (Å²) in [6.45, 7) is 9.23. The van der Waals surface area contributed by atoms with Gasteiger partial charge in [-0.15, -0.1) is 0 Å². The molecule has 0 aliphatic carbocycles. The van der Waals surface area contributed by atoms with Gasteiger partial charge in [0.15, 0.2) is 0 Å². The van der Waals surface area contributed by atoms with Crippen LogP contribution < -0.4 is 10.1 Å². The SMILES string of the molecule is Cc1cc(C(C)C)nc(OCCC2CCNC2)n1. The Morgan fingerprint density at radius 2 is 2.28 bits per heavy atom. The van der Waals surface area contributed by atoms with Crippen molar-refractivity contribution in [1.82, 2.24) is 15.3 Å². The number of nitrogens with one attached hydrogen (secondary N) is 1. The molecule has 1 N–H and O–H groups in total. The molecule has 0 aromatic carbocycles. The van der Waals surface area contributed by atoms with E-state index in [0.717, 1.165) is 36.8 Å². The zero-order valence-corrected chi connectivity index (χ0v) is 11.6. The summed E-state index contributed by atoms with van der Waals surface area (Å²) < 4.78 is 5.69. The van der Waals surface area contributed by atoms with Crippen molar-refractivity contribution in [1.29, 1.82) is 0 Å². The van der Waals surface area contributed by atoms with Crippen LogP contribution in [0.2, 0.25) is 0 Å². The zero-order valence-electron chi connectivity index (χ0n) is 11.6. The molecular formula is C14H23N3O. The molecule has 4 heteroatoms. The summed E-state index contributed by atoms with van der Waals surface area (Å²) in [5.74, 6) is 1.16. The van der Waals surface area contributed by atoms with Gasteiger partial charge < -0.3 is 10.1 Å². The molecule has 1 unspecified atom stereocenters. The van der Waals surface area contributed by atoms with Crippen LogP contribution in [-0.2, 0) is 0 Å². The highest BCUT2D eigenvalue weighted by atomic mass is 16.5. The van der Waals surface area contributed by atoms with Crippen LogP contribution in [-0.4, -0.2) is 29.7 Å². The monoisotopic (exact) mass is 249 g/mol. The molecule has 0 amide bonds. The van der Waals surface area contributed by atoms with Crippen LogP contribution in [0.4, 0.5) is 0 Å². The van der Waals surface area contributed by atoms with Crippen LogP contribution in [0.25, 0.3) is 0 Å². The predicted octanol–water partition coefficient (Wildman–Crippen LogP) is 2.29. The van der Waals surface area contributed by atoms with E-state index in [1.807, 2.05) is 13.0 Å². The first kappa shape index (κ1) is 13.3. The van der Waals surface area contributed by atoms with Gasteiger partial charge in [-0.3, -0.25) is 0 Å². The van der Waals surface area contributed by atoms with Crippen LogP contribution in [0.15, 0.2) is 6.07 Å².